The van der Waals surface area contributed by atoms with Gasteiger partial charge in [-0.3, -0.25) is 4.79 Å². The van der Waals surface area contributed by atoms with E-state index in [2.05, 4.69) is 20.4 Å². The van der Waals surface area contributed by atoms with E-state index in [9.17, 15) is 9.18 Å². The van der Waals surface area contributed by atoms with Gasteiger partial charge in [0.1, 0.15) is 22.7 Å². The van der Waals surface area contributed by atoms with Gasteiger partial charge in [0, 0.05) is 5.69 Å². The number of nitrogen functional groups attached to an aromatic ring is 1. The minimum atomic E-state index is -0.409. The highest BCUT2D eigenvalue weighted by Crippen LogP contribution is 2.29. The molecule has 0 aliphatic heterocycles. The lowest BCUT2D eigenvalue weighted by Crippen LogP contribution is -2.14. The Morgan fingerprint density at radius 3 is 2.32 bits per heavy atom. The van der Waals surface area contributed by atoms with E-state index in [0.29, 0.717) is 33.4 Å². The van der Waals surface area contributed by atoms with Crippen molar-refractivity contribution in [3.05, 3.63) is 94.8 Å². The standard InChI is InChI=1S/C26H21FN6O/c1-15-11-16(2)13-19(12-15)30-26(34)22-23-25(32-21-6-4-3-5-20(21)31-23)33(24(22)28)29-14-17-7-9-18(27)10-8-17/h3-14H,28H2,1-2H3,(H,30,34)/b29-14+. The lowest BCUT2D eigenvalue weighted by Gasteiger charge is -2.08. The molecule has 0 bridgehead atoms. The number of hydrogen-bond acceptors (Lipinski definition) is 5. The molecule has 7 nitrogen and oxygen atoms in total. The van der Waals surface area contributed by atoms with E-state index in [1.807, 2.05) is 56.3 Å². The fourth-order valence-corrected chi connectivity index (χ4v) is 3.90. The lowest BCUT2D eigenvalue weighted by atomic mass is 10.1. The monoisotopic (exact) mass is 452 g/mol. The number of aryl methyl sites for hydroxylation is 2. The first-order valence-electron chi connectivity index (χ1n) is 10.7. The molecule has 0 fully saturated rings. The fourth-order valence-electron chi connectivity index (χ4n) is 3.90. The van der Waals surface area contributed by atoms with E-state index in [4.69, 9.17) is 5.73 Å². The smallest absolute Gasteiger partial charge is 0.261 e. The number of para-hydroxylation sites is 2. The number of aromatic nitrogens is 3. The van der Waals surface area contributed by atoms with Crippen LogP contribution in [0.1, 0.15) is 27.0 Å². The van der Waals surface area contributed by atoms with Crippen molar-refractivity contribution in [2.45, 2.75) is 13.8 Å². The van der Waals surface area contributed by atoms with E-state index in [1.165, 1.54) is 23.0 Å². The quantitative estimate of drug-likeness (QED) is 0.373. The number of benzene rings is 3. The average molecular weight is 452 g/mol. The van der Waals surface area contributed by atoms with E-state index in [1.54, 1.807) is 12.1 Å². The van der Waals surface area contributed by atoms with E-state index in [0.717, 1.165) is 11.1 Å². The van der Waals surface area contributed by atoms with Crippen LogP contribution >= 0.6 is 0 Å². The molecule has 3 aromatic carbocycles. The number of nitrogens with one attached hydrogen (secondary N) is 1. The largest absolute Gasteiger partial charge is 0.383 e. The lowest BCUT2D eigenvalue weighted by molar-refractivity contribution is 0.102. The van der Waals surface area contributed by atoms with Crippen LogP contribution in [-0.4, -0.2) is 26.8 Å². The molecule has 168 valence electrons. The summed E-state index contributed by atoms with van der Waals surface area (Å²) in [6.07, 6.45) is 1.53. The van der Waals surface area contributed by atoms with Crippen LogP contribution in [-0.2, 0) is 0 Å². The summed E-state index contributed by atoms with van der Waals surface area (Å²) in [7, 11) is 0. The zero-order valence-corrected chi connectivity index (χ0v) is 18.6. The normalized spacial score (nSPS) is 11.5. The predicted octanol–water partition coefficient (Wildman–Crippen LogP) is 5.06. The van der Waals surface area contributed by atoms with Crippen LogP contribution in [0.4, 0.5) is 15.9 Å². The molecule has 0 radical (unpaired) electrons. The van der Waals surface area contributed by atoms with Gasteiger partial charge in [-0.2, -0.15) is 9.78 Å². The summed E-state index contributed by atoms with van der Waals surface area (Å²) >= 11 is 0. The molecule has 0 saturated heterocycles. The maximum atomic E-state index is 13.4. The Bertz CT molecular complexity index is 1570. The molecule has 0 aliphatic carbocycles. The third-order valence-corrected chi connectivity index (χ3v) is 5.37. The number of rotatable bonds is 4. The van der Waals surface area contributed by atoms with E-state index < -0.39 is 5.91 Å². The van der Waals surface area contributed by atoms with Crippen LogP contribution in [0.3, 0.4) is 0 Å². The first-order valence-corrected chi connectivity index (χ1v) is 10.7. The maximum absolute atomic E-state index is 13.4. The highest BCUT2D eigenvalue weighted by Gasteiger charge is 2.24. The minimum absolute atomic E-state index is 0.102. The van der Waals surface area contributed by atoms with Gasteiger partial charge >= 0.3 is 0 Å². The highest BCUT2D eigenvalue weighted by atomic mass is 19.1. The van der Waals surface area contributed by atoms with Crippen molar-refractivity contribution in [2.24, 2.45) is 5.10 Å². The van der Waals surface area contributed by atoms with Gasteiger partial charge in [0.15, 0.2) is 5.65 Å². The first-order chi connectivity index (χ1) is 16.4. The van der Waals surface area contributed by atoms with Gasteiger partial charge in [0.25, 0.3) is 5.91 Å². The molecule has 0 spiro atoms. The van der Waals surface area contributed by atoms with Crippen LogP contribution in [0, 0.1) is 19.7 Å². The van der Waals surface area contributed by atoms with Gasteiger partial charge in [-0.25, -0.2) is 14.4 Å². The molecule has 5 aromatic rings. The van der Waals surface area contributed by atoms with Crippen molar-refractivity contribution in [1.82, 2.24) is 14.6 Å². The van der Waals surface area contributed by atoms with E-state index in [-0.39, 0.29) is 17.2 Å². The van der Waals surface area contributed by atoms with Gasteiger partial charge in [0.2, 0.25) is 0 Å². The molecule has 0 atom stereocenters. The van der Waals surface area contributed by atoms with Crippen molar-refractivity contribution < 1.29 is 9.18 Å². The Morgan fingerprint density at radius 1 is 1.00 bits per heavy atom. The topological polar surface area (TPSA) is 98.2 Å². The SMILES string of the molecule is Cc1cc(C)cc(NC(=O)c2c(N)n(/N=C/c3ccc(F)cc3)c3nc4ccccc4nc23)c1. The molecule has 34 heavy (non-hydrogen) atoms. The Hall–Kier alpha value is -4.59. The minimum Gasteiger partial charge on any atom is -0.383 e. The molecule has 0 aliphatic rings. The van der Waals surface area contributed by atoms with Gasteiger partial charge < -0.3 is 11.1 Å². The number of carbonyl (C=O) groups is 1. The molecule has 1 amide bonds. The Labute approximate surface area is 194 Å². The predicted molar refractivity (Wildman–Crippen MR) is 133 cm³/mol. The zero-order valence-electron chi connectivity index (χ0n) is 18.6. The molecule has 0 saturated carbocycles. The van der Waals surface area contributed by atoms with Gasteiger partial charge in [0.05, 0.1) is 17.2 Å². The Balaban J connectivity index is 1.65. The van der Waals surface area contributed by atoms with Crippen LogP contribution in [0.25, 0.3) is 22.2 Å². The second-order valence-corrected chi connectivity index (χ2v) is 8.08. The van der Waals surface area contributed by atoms with Gasteiger partial charge in [-0.15, -0.1) is 0 Å². The number of amides is 1. The Kier molecular flexibility index (Phi) is 5.25. The van der Waals surface area contributed by atoms with Crippen LogP contribution in [0.15, 0.2) is 71.8 Å². The summed E-state index contributed by atoms with van der Waals surface area (Å²) in [6, 6.07) is 19.0. The zero-order chi connectivity index (χ0) is 23.8. The maximum Gasteiger partial charge on any atom is 0.261 e. The molecule has 3 N–H and O–H groups in total. The van der Waals surface area contributed by atoms with Crippen molar-refractivity contribution in [2.75, 3.05) is 11.1 Å². The molecule has 0 unspecified atom stereocenters. The van der Waals surface area contributed by atoms with E-state index >= 15 is 0 Å². The third kappa shape index (κ3) is 3.97. The number of nitrogens with two attached hydrogens (primary N) is 1. The number of fused-ring (bicyclic) bond motifs is 2. The van der Waals surface area contributed by atoms with Gasteiger partial charge in [-0.1, -0.05) is 30.3 Å². The molecule has 5 rings (SSSR count). The van der Waals surface area contributed by atoms with Crippen molar-refractivity contribution in [3.8, 4) is 0 Å². The fraction of sp³-hybridized carbons (Fsp3) is 0.0769. The molecular formula is C26H21FN6O. The second kappa shape index (κ2) is 8.40. The summed E-state index contributed by atoms with van der Waals surface area (Å²) in [5.41, 5.74) is 12.0. The first kappa shape index (κ1) is 21.3. The molecule has 2 heterocycles. The third-order valence-electron chi connectivity index (χ3n) is 5.37. The van der Waals surface area contributed by atoms with Gasteiger partial charge in [-0.05, 0) is 66.9 Å². The second-order valence-electron chi connectivity index (χ2n) is 8.08. The average Bonchev–Trinajstić information content (AvgIpc) is 3.06. The van der Waals surface area contributed by atoms with Crippen molar-refractivity contribution >= 4 is 45.8 Å². The molecular weight excluding hydrogens is 431 g/mol. The molecule has 2 aromatic heterocycles. The number of anilines is 2. The number of hydrogen-bond donors (Lipinski definition) is 2. The summed E-state index contributed by atoms with van der Waals surface area (Å²) in [5, 5.41) is 7.36. The van der Waals surface area contributed by atoms with Crippen LogP contribution < -0.4 is 11.1 Å². The van der Waals surface area contributed by atoms with Crippen molar-refractivity contribution in [1.29, 1.82) is 0 Å². The Morgan fingerprint density at radius 2 is 1.65 bits per heavy atom. The highest BCUT2D eigenvalue weighted by molar-refractivity contribution is 6.16. The van der Waals surface area contributed by atoms with Crippen LogP contribution in [0.2, 0.25) is 0 Å². The summed E-state index contributed by atoms with van der Waals surface area (Å²) < 4.78 is 14.6. The van der Waals surface area contributed by atoms with Crippen LogP contribution in [0.5, 0.6) is 0 Å². The molecule has 8 heteroatoms. The number of halogens is 1. The van der Waals surface area contributed by atoms with Crippen molar-refractivity contribution in [3.63, 3.8) is 0 Å². The number of carbonyl (C=O) groups excluding carboxylic acids is 1. The summed E-state index contributed by atoms with van der Waals surface area (Å²) in [5.74, 6) is -0.649. The number of nitrogens with zero attached hydrogens (tertiary/aromatic N) is 4. The summed E-state index contributed by atoms with van der Waals surface area (Å²) in [4.78, 5) is 22.7. The summed E-state index contributed by atoms with van der Waals surface area (Å²) in [6.45, 7) is 3.93.